The molecular weight excluding hydrogens is 342 g/mol. The number of rotatable bonds is 4. The van der Waals surface area contributed by atoms with Crippen molar-refractivity contribution >= 4 is 29.3 Å². The van der Waals surface area contributed by atoms with Crippen molar-refractivity contribution in [3.05, 3.63) is 53.2 Å². The third-order valence-corrected chi connectivity index (χ3v) is 5.84. The second-order valence-electron chi connectivity index (χ2n) is 6.30. The van der Waals surface area contributed by atoms with Crippen molar-refractivity contribution < 1.29 is 4.79 Å². The molecule has 2 fully saturated rings. The highest BCUT2D eigenvalue weighted by atomic mass is 35.5. The molecule has 3 atom stereocenters. The van der Waals surface area contributed by atoms with Gasteiger partial charge in [0, 0.05) is 34.8 Å². The highest BCUT2D eigenvalue weighted by Gasteiger charge is 2.39. The maximum absolute atomic E-state index is 12.4. The van der Waals surface area contributed by atoms with Crippen LogP contribution in [0.15, 0.2) is 52.5 Å². The van der Waals surface area contributed by atoms with Gasteiger partial charge in [-0.15, -0.1) is 0 Å². The Bertz CT molecular complexity index is 735. The molecule has 1 amide bonds. The average molecular weight is 360 g/mol. The summed E-state index contributed by atoms with van der Waals surface area (Å²) in [5.41, 5.74) is 0.700. The van der Waals surface area contributed by atoms with Crippen molar-refractivity contribution in [3.63, 3.8) is 0 Å². The number of halogens is 1. The molecule has 0 aliphatic carbocycles. The lowest BCUT2D eigenvalue weighted by molar-refractivity contribution is 0.0931. The minimum atomic E-state index is 0.00974. The Kier molecular flexibility index (Phi) is 4.48. The maximum atomic E-state index is 12.4. The van der Waals surface area contributed by atoms with Gasteiger partial charge in [-0.05, 0) is 55.7 Å². The molecule has 2 aliphatic heterocycles. The van der Waals surface area contributed by atoms with E-state index in [4.69, 9.17) is 11.6 Å². The molecule has 6 heteroatoms. The lowest BCUT2D eigenvalue weighted by Crippen LogP contribution is -2.42. The van der Waals surface area contributed by atoms with E-state index in [-0.39, 0.29) is 11.9 Å². The minimum absolute atomic E-state index is 0.00974. The first kappa shape index (κ1) is 15.9. The molecule has 4 nitrogen and oxygen atoms in total. The van der Waals surface area contributed by atoms with Crippen LogP contribution in [-0.2, 0) is 0 Å². The third-order valence-electron chi connectivity index (χ3n) is 4.66. The second-order valence-corrected chi connectivity index (χ2v) is 7.83. The van der Waals surface area contributed by atoms with Gasteiger partial charge in [-0.25, -0.2) is 4.98 Å². The van der Waals surface area contributed by atoms with Crippen LogP contribution in [0.5, 0.6) is 0 Å². The number of hydrogen-bond donors (Lipinski definition) is 2. The minimum Gasteiger partial charge on any atom is -0.348 e. The Labute approximate surface area is 150 Å². The van der Waals surface area contributed by atoms with Gasteiger partial charge in [0.15, 0.2) is 0 Å². The number of amides is 1. The normalized spacial score (nSPS) is 25.0. The lowest BCUT2D eigenvalue weighted by Gasteiger charge is -2.21. The van der Waals surface area contributed by atoms with E-state index in [9.17, 15) is 4.79 Å². The number of benzene rings is 1. The molecule has 2 aliphatic rings. The molecule has 3 heterocycles. The predicted octanol–water partition coefficient (Wildman–Crippen LogP) is 3.51. The van der Waals surface area contributed by atoms with E-state index in [0.717, 1.165) is 16.3 Å². The van der Waals surface area contributed by atoms with Crippen LogP contribution in [-0.4, -0.2) is 29.0 Å². The van der Waals surface area contributed by atoms with E-state index < -0.39 is 0 Å². The number of nitrogens with zero attached hydrogens (tertiary/aromatic N) is 1. The fraction of sp³-hybridized carbons (Fsp3) is 0.333. The predicted molar refractivity (Wildman–Crippen MR) is 95.6 cm³/mol. The van der Waals surface area contributed by atoms with Crippen molar-refractivity contribution in [3.8, 4) is 0 Å². The number of carbonyl (C=O) groups excluding carboxylic acids is 1. The zero-order valence-electron chi connectivity index (χ0n) is 13.0. The van der Waals surface area contributed by atoms with E-state index in [2.05, 4.69) is 15.6 Å². The number of fused-ring (bicyclic) bond motifs is 2. The molecule has 2 saturated heterocycles. The Morgan fingerprint density at radius 2 is 2.04 bits per heavy atom. The van der Waals surface area contributed by atoms with Gasteiger partial charge in [0.1, 0.15) is 5.03 Å². The van der Waals surface area contributed by atoms with Crippen LogP contribution in [0.25, 0.3) is 0 Å². The smallest absolute Gasteiger partial charge is 0.251 e. The summed E-state index contributed by atoms with van der Waals surface area (Å²) in [5, 5.41) is 8.21. The van der Waals surface area contributed by atoms with Gasteiger partial charge < -0.3 is 10.6 Å². The van der Waals surface area contributed by atoms with Gasteiger partial charge in [0.05, 0.1) is 5.02 Å². The Morgan fingerprint density at radius 3 is 2.67 bits per heavy atom. The molecule has 124 valence electrons. The van der Waals surface area contributed by atoms with Crippen molar-refractivity contribution in [1.29, 1.82) is 0 Å². The Balaban J connectivity index is 1.38. The molecule has 0 saturated carbocycles. The van der Waals surface area contributed by atoms with Crippen LogP contribution in [0, 0.1) is 0 Å². The number of aromatic nitrogens is 1. The summed E-state index contributed by atoms with van der Waals surface area (Å²) in [6, 6.07) is 12.7. The number of hydrogen-bond acceptors (Lipinski definition) is 4. The summed E-state index contributed by atoms with van der Waals surface area (Å²) < 4.78 is 0. The summed E-state index contributed by atoms with van der Waals surface area (Å²) in [4.78, 5) is 17.7. The zero-order chi connectivity index (χ0) is 16.5. The van der Waals surface area contributed by atoms with E-state index in [1.165, 1.54) is 12.8 Å². The molecule has 1 aromatic heterocycles. The Hall–Kier alpha value is -1.56. The molecule has 4 rings (SSSR count). The van der Waals surface area contributed by atoms with Crippen molar-refractivity contribution in [2.75, 3.05) is 0 Å². The molecule has 0 radical (unpaired) electrons. The highest BCUT2D eigenvalue weighted by Crippen LogP contribution is 2.29. The summed E-state index contributed by atoms with van der Waals surface area (Å²) in [5.74, 6) is 0.00974. The Morgan fingerprint density at radius 1 is 1.21 bits per heavy atom. The van der Waals surface area contributed by atoms with Gasteiger partial charge in [-0.3, -0.25) is 4.79 Å². The molecule has 1 aromatic carbocycles. The molecule has 24 heavy (non-hydrogen) atoms. The SMILES string of the molecule is O=C(N[C@@H]1C[C@H]2CC[C@@H]1N2)c1ccc(Sc2ccc(Cl)cn2)cc1. The van der Waals surface area contributed by atoms with E-state index in [1.54, 1.807) is 18.0 Å². The third kappa shape index (κ3) is 3.43. The summed E-state index contributed by atoms with van der Waals surface area (Å²) >= 11 is 7.39. The molecule has 0 unspecified atom stereocenters. The van der Waals surface area contributed by atoms with Gasteiger partial charge in [0.25, 0.3) is 5.91 Å². The summed E-state index contributed by atoms with van der Waals surface area (Å²) in [6.45, 7) is 0. The van der Waals surface area contributed by atoms with Gasteiger partial charge in [-0.1, -0.05) is 23.4 Å². The topological polar surface area (TPSA) is 54.0 Å². The van der Waals surface area contributed by atoms with Gasteiger partial charge in [0.2, 0.25) is 0 Å². The van der Waals surface area contributed by atoms with Crippen LogP contribution < -0.4 is 10.6 Å². The number of carbonyl (C=O) groups is 1. The highest BCUT2D eigenvalue weighted by molar-refractivity contribution is 7.99. The zero-order valence-corrected chi connectivity index (χ0v) is 14.6. The molecule has 2 bridgehead atoms. The van der Waals surface area contributed by atoms with Crippen LogP contribution in [0.1, 0.15) is 29.6 Å². The van der Waals surface area contributed by atoms with Crippen LogP contribution >= 0.6 is 23.4 Å². The van der Waals surface area contributed by atoms with E-state index in [1.807, 2.05) is 36.4 Å². The van der Waals surface area contributed by atoms with Crippen molar-refractivity contribution in [2.24, 2.45) is 0 Å². The molecule has 2 N–H and O–H groups in total. The second kappa shape index (κ2) is 6.75. The summed E-state index contributed by atoms with van der Waals surface area (Å²) in [7, 11) is 0. The van der Waals surface area contributed by atoms with Crippen molar-refractivity contribution in [1.82, 2.24) is 15.6 Å². The van der Waals surface area contributed by atoms with Crippen molar-refractivity contribution in [2.45, 2.75) is 47.3 Å². The fourth-order valence-electron chi connectivity index (χ4n) is 3.45. The lowest BCUT2D eigenvalue weighted by atomic mass is 9.95. The van der Waals surface area contributed by atoms with Crippen LogP contribution in [0.2, 0.25) is 5.02 Å². The quantitative estimate of drug-likeness (QED) is 0.877. The van der Waals surface area contributed by atoms with Crippen LogP contribution in [0.3, 0.4) is 0 Å². The maximum Gasteiger partial charge on any atom is 0.251 e. The standard InChI is InChI=1S/C18H18ClN3OS/c19-12-3-8-17(20-10-12)24-14-5-1-11(2-6-14)18(23)22-16-9-13-4-7-15(16)21-13/h1-3,5-6,8,10,13,15-16,21H,4,7,9H2,(H,22,23)/t13-,15+,16-/m1/s1. The van der Waals surface area contributed by atoms with Crippen LogP contribution in [0.4, 0.5) is 0 Å². The number of pyridine rings is 1. The first-order valence-electron chi connectivity index (χ1n) is 8.14. The summed E-state index contributed by atoms with van der Waals surface area (Å²) in [6.07, 6.45) is 5.09. The fourth-order valence-corrected chi connectivity index (χ4v) is 4.32. The molecule has 2 aromatic rings. The monoisotopic (exact) mass is 359 g/mol. The van der Waals surface area contributed by atoms with Gasteiger partial charge in [-0.2, -0.15) is 0 Å². The van der Waals surface area contributed by atoms with E-state index >= 15 is 0 Å². The van der Waals surface area contributed by atoms with E-state index in [0.29, 0.717) is 22.7 Å². The largest absolute Gasteiger partial charge is 0.348 e. The first-order chi connectivity index (χ1) is 11.7. The average Bonchev–Trinajstić information content (AvgIpc) is 3.20. The molecular formula is C18H18ClN3OS. The van der Waals surface area contributed by atoms with Gasteiger partial charge >= 0.3 is 0 Å². The first-order valence-corrected chi connectivity index (χ1v) is 9.33. The molecule has 0 spiro atoms. The number of nitrogens with one attached hydrogen (secondary N) is 2.